The van der Waals surface area contributed by atoms with Gasteiger partial charge in [-0.1, -0.05) is 0 Å². The molecule has 2 N–H and O–H groups in total. The van der Waals surface area contributed by atoms with Gasteiger partial charge in [0.05, 0.1) is 23.3 Å². The maximum Gasteiger partial charge on any atom is 0.0830 e. The first kappa shape index (κ1) is 15.2. The lowest BCUT2D eigenvalue weighted by molar-refractivity contribution is -0.101. The van der Waals surface area contributed by atoms with Gasteiger partial charge in [0.2, 0.25) is 0 Å². The second-order valence-corrected chi connectivity index (χ2v) is 7.34. The Labute approximate surface area is 117 Å². The summed E-state index contributed by atoms with van der Waals surface area (Å²) < 4.78 is 11.6. The van der Waals surface area contributed by atoms with Crippen LogP contribution in [-0.2, 0) is 9.47 Å². The van der Waals surface area contributed by atoms with Gasteiger partial charge < -0.3 is 15.2 Å². The van der Waals surface area contributed by atoms with Crippen molar-refractivity contribution < 1.29 is 9.47 Å². The van der Waals surface area contributed by atoms with Crippen molar-refractivity contribution in [1.29, 1.82) is 0 Å². The van der Waals surface area contributed by atoms with E-state index in [1.807, 2.05) is 0 Å². The number of rotatable bonds is 4. The number of likely N-dealkylation sites (tertiary alicyclic amines) is 1. The molecule has 2 aliphatic heterocycles. The minimum Gasteiger partial charge on any atom is -0.384 e. The van der Waals surface area contributed by atoms with Crippen LogP contribution < -0.4 is 5.73 Å². The predicted octanol–water partition coefficient (Wildman–Crippen LogP) is 1.63. The van der Waals surface area contributed by atoms with Gasteiger partial charge in [0.15, 0.2) is 0 Å². The number of nitrogens with two attached hydrogens (primary N) is 1. The van der Waals surface area contributed by atoms with E-state index in [0.29, 0.717) is 12.5 Å². The first-order valence-electron chi connectivity index (χ1n) is 7.40. The molecule has 2 heterocycles. The molecule has 0 radical (unpaired) electrons. The summed E-state index contributed by atoms with van der Waals surface area (Å²) in [4.78, 5) is 2.56. The van der Waals surface area contributed by atoms with Crippen LogP contribution in [0.25, 0.3) is 0 Å². The van der Waals surface area contributed by atoms with Gasteiger partial charge in [-0.15, -0.1) is 0 Å². The topological polar surface area (TPSA) is 47.7 Å². The van der Waals surface area contributed by atoms with Crippen molar-refractivity contribution in [2.24, 2.45) is 11.7 Å². The molecule has 2 fully saturated rings. The fraction of sp³-hybridized carbons (Fsp3) is 1.00. The van der Waals surface area contributed by atoms with E-state index in [0.717, 1.165) is 26.1 Å². The van der Waals surface area contributed by atoms with Gasteiger partial charge in [-0.05, 0) is 53.0 Å². The maximum absolute atomic E-state index is 6.30. The highest BCUT2D eigenvalue weighted by atomic mass is 16.5. The molecule has 0 aliphatic carbocycles. The van der Waals surface area contributed by atoms with E-state index >= 15 is 0 Å². The van der Waals surface area contributed by atoms with E-state index in [1.165, 1.54) is 6.42 Å². The number of hydrogen-bond acceptors (Lipinski definition) is 4. The summed E-state index contributed by atoms with van der Waals surface area (Å²) in [5, 5.41) is 0. The average Bonchev–Trinajstić information content (AvgIpc) is 2.79. The molecule has 0 bridgehead atoms. The number of hydrogen-bond donors (Lipinski definition) is 1. The zero-order valence-electron chi connectivity index (χ0n) is 13.2. The smallest absolute Gasteiger partial charge is 0.0830 e. The summed E-state index contributed by atoms with van der Waals surface area (Å²) in [6.07, 6.45) is 2.20. The van der Waals surface area contributed by atoms with Crippen LogP contribution in [0.4, 0.5) is 0 Å². The lowest BCUT2D eigenvalue weighted by Gasteiger charge is -2.46. The number of ether oxygens (including phenoxy) is 2. The third-order valence-electron chi connectivity index (χ3n) is 5.00. The van der Waals surface area contributed by atoms with Gasteiger partial charge in [-0.2, -0.15) is 0 Å². The van der Waals surface area contributed by atoms with E-state index in [2.05, 4.69) is 32.6 Å². The molecule has 4 heteroatoms. The Balaban J connectivity index is 2.20. The highest BCUT2D eigenvalue weighted by molar-refractivity contribution is 5.14. The fourth-order valence-corrected chi connectivity index (χ4v) is 4.27. The fourth-order valence-electron chi connectivity index (χ4n) is 4.27. The quantitative estimate of drug-likeness (QED) is 0.843. The second kappa shape index (κ2) is 4.99. The summed E-state index contributed by atoms with van der Waals surface area (Å²) in [6.45, 7) is 12.4. The van der Waals surface area contributed by atoms with Gasteiger partial charge in [0.1, 0.15) is 0 Å². The summed E-state index contributed by atoms with van der Waals surface area (Å²) >= 11 is 0. The largest absolute Gasteiger partial charge is 0.384 e. The molecule has 4 nitrogen and oxygen atoms in total. The molecule has 0 spiro atoms. The van der Waals surface area contributed by atoms with Crippen LogP contribution in [-0.4, -0.2) is 55.0 Å². The van der Waals surface area contributed by atoms with E-state index in [1.54, 1.807) is 7.11 Å². The molecule has 0 aromatic rings. The minimum atomic E-state index is -0.201. The van der Waals surface area contributed by atoms with Crippen LogP contribution in [0.3, 0.4) is 0 Å². The molecule has 2 atom stereocenters. The first-order chi connectivity index (χ1) is 8.76. The summed E-state index contributed by atoms with van der Waals surface area (Å²) in [7, 11) is 1.78. The molecule has 0 amide bonds. The Morgan fingerprint density at radius 1 is 1.32 bits per heavy atom. The van der Waals surface area contributed by atoms with Crippen molar-refractivity contribution in [3.8, 4) is 0 Å². The average molecular weight is 270 g/mol. The normalized spacial score (nSPS) is 37.9. The molecule has 112 valence electrons. The van der Waals surface area contributed by atoms with Crippen molar-refractivity contribution in [2.75, 3.05) is 33.4 Å². The maximum atomic E-state index is 6.30. The Morgan fingerprint density at radius 3 is 2.47 bits per heavy atom. The van der Waals surface area contributed by atoms with Gasteiger partial charge in [-0.3, -0.25) is 4.90 Å². The Hall–Kier alpha value is -0.160. The van der Waals surface area contributed by atoms with Gasteiger partial charge in [0, 0.05) is 20.2 Å². The number of nitrogens with zero attached hydrogens (tertiary/aromatic N) is 1. The first-order valence-corrected chi connectivity index (χ1v) is 7.40. The SMILES string of the molecule is COCC1CCN(C2(CN)CC(C)(C)OC2(C)C)C1. The molecular formula is C15H30N2O2. The second-order valence-electron chi connectivity index (χ2n) is 7.34. The lowest BCUT2D eigenvalue weighted by Crippen LogP contribution is -2.62. The minimum absolute atomic E-state index is 0.0427. The molecule has 2 aliphatic rings. The zero-order chi connectivity index (χ0) is 14.3. The molecule has 0 saturated carbocycles. The van der Waals surface area contributed by atoms with E-state index in [4.69, 9.17) is 15.2 Å². The molecule has 2 rings (SSSR count). The summed E-state index contributed by atoms with van der Waals surface area (Å²) in [6, 6.07) is 0. The van der Waals surface area contributed by atoms with Crippen molar-refractivity contribution in [3.05, 3.63) is 0 Å². The molecule has 0 aromatic heterocycles. The van der Waals surface area contributed by atoms with Gasteiger partial charge in [0.25, 0.3) is 0 Å². The molecule has 19 heavy (non-hydrogen) atoms. The lowest BCUT2D eigenvalue weighted by atomic mass is 9.77. The van der Waals surface area contributed by atoms with Crippen LogP contribution in [0.1, 0.15) is 40.5 Å². The van der Waals surface area contributed by atoms with E-state index in [9.17, 15) is 0 Å². The van der Waals surface area contributed by atoms with E-state index < -0.39 is 0 Å². The number of methoxy groups -OCH3 is 1. The van der Waals surface area contributed by atoms with Crippen LogP contribution in [0.5, 0.6) is 0 Å². The van der Waals surface area contributed by atoms with Crippen LogP contribution >= 0.6 is 0 Å². The standard InChI is InChI=1S/C15H30N2O2/c1-13(2)10-15(11-16,14(3,4)19-13)17-7-6-12(8-17)9-18-5/h12H,6-11,16H2,1-5H3. The van der Waals surface area contributed by atoms with Gasteiger partial charge >= 0.3 is 0 Å². The third-order valence-corrected chi connectivity index (χ3v) is 5.00. The summed E-state index contributed by atoms with van der Waals surface area (Å²) in [5.41, 5.74) is 5.87. The van der Waals surface area contributed by atoms with Gasteiger partial charge in [-0.25, -0.2) is 0 Å². The molecule has 2 unspecified atom stereocenters. The molecule has 2 saturated heterocycles. The Kier molecular flexibility index (Phi) is 4.00. The van der Waals surface area contributed by atoms with Crippen molar-refractivity contribution in [1.82, 2.24) is 4.90 Å². The van der Waals surface area contributed by atoms with Crippen molar-refractivity contribution >= 4 is 0 Å². The van der Waals surface area contributed by atoms with E-state index in [-0.39, 0.29) is 16.7 Å². The highest BCUT2D eigenvalue weighted by Crippen LogP contribution is 2.49. The Bertz CT molecular complexity index is 330. The van der Waals surface area contributed by atoms with Crippen molar-refractivity contribution in [2.45, 2.75) is 57.3 Å². The zero-order valence-corrected chi connectivity index (χ0v) is 13.2. The Morgan fingerprint density at radius 2 is 2.00 bits per heavy atom. The summed E-state index contributed by atoms with van der Waals surface area (Å²) in [5.74, 6) is 0.632. The predicted molar refractivity (Wildman–Crippen MR) is 77.2 cm³/mol. The van der Waals surface area contributed by atoms with Crippen LogP contribution in [0, 0.1) is 5.92 Å². The van der Waals surface area contributed by atoms with Crippen molar-refractivity contribution in [3.63, 3.8) is 0 Å². The molecular weight excluding hydrogens is 240 g/mol. The van der Waals surface area contributed by atoms with Crippen LogP contribution in [0.2, 0.25) is 0 Å². The monoisotopic (exact) mass is 270 g/mol. The van der Waals surface area contributed by atoms with Crippen LogP contribution in [0.15, 0.2) is 0 Å². The highest BCUT2D eigenvalue weighted by Gasteiger charge is 2.60. The third kappa shape index (κ3) is 2.56. The molecule has 0 aromatic carbocycles.